The molecule has 0 unspecified atom stereocenters. The van der Waals surface area contributed by atoms with Crippen molar-refractivity contribution < 1.29 is 17.6 Å². The van der Waals surface area contributed by atoms with E-state index < -0.39 is 23.3 Å². The molecule has 0 amide bonds. The largest absolute Gasteiger partial charge is 0.268 e. The summed E-state index contributed by atoms with van der Waals surface area (Å²) in [5, 5.41) is 10.9. The summed E-state index contributed by atoms with van der Waals surface area (Å²) in [5.74, 6) is -3.88. The third-order valence-corrected chi connectivity index (χ3v) is 11.5. The van der Waals surface area contributed by atoms with Crippen LogP contribution in [0, 0.1) is 23.3 Å². The maximum atomic E-state index is 14.4. The standard InChI is InChI=1S/C44H16F4N4O2/c45-27-9-19-13-31-33(15-21(19)11-29(27)47)51-41(49-31)39-26(44(51)54)8-18-4-2-6-24-36(18)37(39)23-5-1-3-17-7-25-40(38(24)35(17)23)42-50-32-14-20-10-28(46)30(48)12-22(20)16-34(32)52(42)43(25)53/h1-16H. The van der Waals surface area contributed by atoms with Gasteiger partial charge in [-0.05, 0) is 115 Å². The highest BCUT2D eigenvalue weighted by Crippen LogP contribution is 2.47. The fraction of sp³-hybridized carbons (Fsp3) is 0. The highest BCUT2D eigenvalue weighted by atomic mass is 19.2. The average Bonchev–Trinajstić information content (AvgIpc) is 3.86. The summed E-state index contributed by atoms with van der Waals surface area (Å²) in [6.45, 7) is 0. The first-order valence-corrected chi connectivity index (χ1v) is 17.2. The molecule has 9 aromatic carbocycles. The van der Waals surface area contributed by atoms with Crippen molar-refractivity contribution in [1.29, 1.82) is 0 Å². The molecule has 0 saturated carbocycles. The number of nitrogens with zero attached hydrogens (tertiary/aromatic N) is 4. The number of fused-ring (bicyclic) bond motifs is 16. The van der Waals surface area contributed by atoms with E-state index in [4.69, 9.17) is 9.97 Å². The Hall–Kier alpha value is -7.20. The number of halogens is 4. The van der Waals surface area contributed by atoms with E-state index in [0.717, 1.165) is 67.4 Å². The van der Waals surface area contributed by atoms with Gasteiger partial charge < -0.3 is 0 Å². The Balaban J connectivity index is 1.25. The Morgan fingerprint density at radius 1 is 0.389 bits per heavy atom. The lowest BCUT2D eigenvalue weighted by atomic mass is 9.86. The van der Waals surface area contributed by atoms with Gasteiger partial charge in [0, 0.05) is 21.5 Å². The molecule has 252 valence electrons. The monoisotopic (exact) mass is 708 g/mol. The van der Waals surface area contributed by atoms with E-state index in [2.05, 4.69) is 0 Å². The van der Waals surface area contributed by atoms with Gasteiger partial charge in [0.15, 0.2) is 23.3 Å². The molecule has 4 heterocycles. The van der Waals surface area contributed by atoms with Gasteiger partial charge in [0.2, 0.25) is 0 Å². The van der Waals surface area contributed by atoms with Gasteiger partial charge in [-0.25, -0.2) is 27.5 Å². The van der Waals surface area contributed by atoms with E-state index in [1.54, 1.807) is 33.1 Å². The van der Waals surface area contributed by atoms with Gasteiger partial charge in [0.05, 0.1) is 32.8 Å². The highest BCUT2D eigenvalue weighted by molar-refractivity contribution is 6.44. The van der Waals surface area contributed by atoms with Crippen molar-refractivity contribution in [2.45, 2.75) is 0 Å². The molecule has 6 nitrogen and oxygen atoms in total. The Kier molecular flexibility index (Phi) is 4.76. The van der Waals surface area contributed by atoms with Crippen LogP contribution in [0.5, 0.6) is 0 Å². The molecule has 4 aromatic heterocycles. The molecule has 0 saturated heterocycles. The SMILES string of the molecule is O=c1c2cc3cccc4c3c(c3cccc5cc6c(=O)n7c8cc9cc(F)c(F)cc9cc8nc7c6c4c53)c2c2nc3cc4cc(F)c(F)cc4cc3n12. The maximum Gasteiger partial charge on any atom is 0.264 e. The Bertz CT molecular complexity index is 3800. The average molecular weight is 709 g/mol. The molecular formula is C44H16F4N4O2. The first kappa shape index (κ1) is 28.4. The van der Waals surface area contributed by atoms with E-state index in [9.17, 15) is 27.2 Å². The summed E-state index contributed by atoms with van der Waals surface area (Å²) in [7, 11) is 0. The van der Waals surface area contributed by atoms with E-state index in [1.807, 2.05) is 48.5 Å². The lowest BCUT2D eigenvalue weighted by Crippen LogP contribution is -2.05. The summed E-state index contributed by atoms with van der Waals surface area (Å²) < 4.78 is 60.1. The zero-order valence-corrected chi connectivity index (χ0v) is 27.4. The molecule has 0 atom stereocenters. The third kappa shape index (κ3) is 3.16. The van der Waals surface area contributed by atoms with Crippen molar-refractivity contribution in [3.8, 4) is 0 Å². The van der Waals surface area contributed by atoms with Gasteiger partial charge in [0.25, 0.3) is 11.1 Å². The maximum absolute atomic E-state index is 14.4. The molecule has 0 aliphatic rings. The fourth-order valence-corrected chi connectivity index (χ4v) is 9.29. The van der Waals surface area contributed by atoms with Gasteiger partial charge in [-0.1, -0.05) is 36.4 Å². The molecule has 13 rings (SSSR count). The smallest absolute Gasteiger partial charge is 0.264 e. The lowest BCUT2D eigenvalue weighted by Gasteiger charge is -2.16. The highest BCUT2D eigenvalue weighted by Gasteiger charge is 2.26. The molecule has 13 aromatic rings. The molecule has 0 N–H and O–H groups in total. The topological polar surface area (TPSA) is 68.7 Å². The van der Waals surface area contributed by atoms with Crippen LogP contribution in [-0.4, -0.2) is 18.8 Å². The van der Waals surface area contributed by atoms with Crippen LogP contribution in [0.1, 0.15) is 0 Å². The van der Waals surface area contributed by atoms with Crippen molar-refractivity contribution in [3.05, 3.63) is 141 Å². The number of hydrogen-bond acceptors (Lipinski definition) is 4. The minimum atomic E-state index is -0.976. The molecule has 0 radical (unpaired) electrons. The van der Waals surface area contributed by atoms with E-state index in [0.29, 0.717) is 76.5 Å². The van der Waals surface area contributed by atoms with Crippen LogP contribution in [0.25, 0.3) is 120 Å². The molecular weight excluding hydrogens is 693 g/mol. The second-order valence-corrected chi connectivity index (χ2v) is 14.2. The Morgan fingerprint density at radius 3 is 1.19 bits per heavy atom. The molecule has 10 heteroatoms. The molecule has 0 aliphatic carbocycles. The summed E-state index contributed by atoms with van der Waals surface area (Å²) in [5.41, 5.74) is 2.26. The first-order valence-electron chi connectivity index (χ1n) is 17.2. The summed E-state index contributed by atoms with van der Waals surface area (Å²) in [4.78, 5) is 38.6. The fourth-order valence-electron chi connectivity index (χ4n) is 9.29. The zero-order chi connectivity index (χ0) is 36.0. The number of rotatable bonds is 0. The van der Waals surface area contributed by atoms with Gasteiger partial charge in [-0.15, -0.1) is 0 Å². The van der Waals surface area contributed by atoms with Crippen LogP contribution in [0.3, 0.4) is 0 Å². The Labute approximate surface area is 296 Å². The predicted molar refractivity (Wildman–Crippen MR) is 205 cm³/mol. The number of imidazole rings is 2. The van der Waals surface area contributed by atoms with Crippen molar-refractivity contribution in [1.82, 2.24) is 18.8 Å². The Morgan fingerprint density at radius 2 is 0.778 bits per heavy atom. The minimum Gasteiger partial charge on any atom is -0.268 e. The van der Waals surface area contributed by atoms with Crippen molar-refractivity contribution in [3.63, 3.8) is 0 Å². The van der Waals surface area contributed by atoms with Crippen LogP contribution >= 0.6 is 0 Å². The van der Waals surface area contributed by atoms with Crippen LogP contribution in [0.4, 0.5) is 17.6 Å². The van der Waals surface area contributed by atoms with Gasteiger partial charge in [0.1, 0.15) is 11.3 Å². The number of benzene rings is 9. The van der Waals surface area contributed by atoms with Crippen LogP contribution in [0.15, 0.2) is 107 Å². The minimum absolute atomic E-state index is 0.272. The lowest BCUT2D eigenvalue weighted by molar-refractivity contribution is 0.511. The molecule has 0 fully saturated rings. The molecule has 0 bridgehead atoms. The van der Waals surface area contributed by atoms with E-state index in [1.165, 1.54) is 0 Å². The van der Waals surface area contributed by atoms with Crippen LogP contribution in [0.2, 0.25) is 0 Å². The van der Waals surface area contributed by atoms with Crippen molar-refractivity contribution in [2.24, 2.45) is 0 Å². The predicted octanol–water partition coefficient (Wildman–Crippen LogP) is 10.1. The van der Waals surface area contributed by atoms with E-state index >= 15 is 0 Å². The summed E-state index contributed by atoms with van der Waals surface area (Å²) in [6, 6.07) is 26.7. The normalized spacial score (nSPS) is 13.0. The van der Waals surface area contributed by atoms with Crippen LogP contribution in [-0.2, 0) is 0 Å². The molecule has 54 heavy (non-hydrogen) atoms. The molecule has 0 aliphatic heterocycles. The quantitative estimate of drug-likeness (QED) is 0.0894. The first-order chi connectivity index (χ1) is 26.2. The summed E-state index contributed by atoms with van der Waals surface area (Å²) in [6.07, 6.45) is 0. The van der Waals surface area contributed by atoms with Crippen molar-refractivity contribution >= 4 is 120 Å². The second kappa shape index (κ2) is 9.05. The van der Waals surface area contributed by atoms with Gasteiger partial charge in [-0.3, -0.25) is 18.4 Å². The second-order valence-electron chi connectivity index (χ2n) is 14.2. The number of hydrogen-bond donors (Lipinski definition) is 0. The number of aromatic nitrogens is 4. The third-order valence-electron chi connectivity index (χ3n) is 11.5. The van der Waals surface area contributed by atoms with E-state index in [-0.39, 0.29) is 11.1 Å². The molecule has 0 spiro atoms. The van der Waals surface area contributed by atoms with Crippen molar-refractivity contribution in [2.75, 3.05) is 0 Å². The van der Waals surface area contributed by atoms with Crippen LogP contribution < -0.4 is 11.1 Å². The zero-order valence-electron chi connectivity index (χ0n) is 27.4. The van der Waals surface area contributed by atoms with Gasteiger partial charge in [-0.2, -0.15) is 0 Å². The van der Waals surface area contributed by atoms with Gasteiger partial charge >= 0.3 is 0 Å². The summed E-state index contributed by atoms with van der Waals surface area (Å²) >= 11 is 0.